The zero-order chi connectivity index (χ0) is 10.8. The monoisotopic (exact) mass is 200 g/mol. The van der Waals surface area contributed by atoms with Crippen LogP contribution in [0.5, 0.6) is 0 Å². The molecule has 0 saturated carbocycles. The summed E-state index contributed by atoms with van der Waals surface area (Å²) in [6, 6.07) is 12.2. The molecule has 0 aliphatic rings. The molecule has 2 rings (SSSR count). The van der Waals surface area contributed by atoms with Gasteiger partial charge in [-0.05, 0) is 35.7 Å². The van der Waals surface area contributed by atoms with Gasteiger partial charge in [0.05, 0.1) is 0 Å². The Labute approximate surface area is 90.1 Å². The molecule has 2 aromatic rings. The van der Waals surface area contributed by atoms with Crippen LogP contribution in [0.15, 0.2) is 36.4 Å². The highest BCUT2D eigenvalue weighted by Gasteiger charge is 2.03. The van der Waals surface area contributed by atoms with E-state index in [1.165, 1.54) is 11.3 Å². The summed E-state index contributed by atoms with van der Waals surface area (Å²) in [6.45, 7) is 4.36. The van der Waals surface area contributed by atoms with Crippen LogP contribution in [0.2, 0.25) is 0 Å². The number of hydrogen-bond donors (Lipinski definition) is 2. The number of nitrogens with one attached hydrogen (secondary N) is 1. The molecule has 0 fully saturated rings. The topological polar surface area (TPSA) is 41.8 Å². The van der Waals surface area contributed by atoms with Crippen molar-refractivity contribution < 1.29 is 0 Å². The van der Waals surface area contributed by atoms with Gasteiger partial charge in [-0.2, -0.15) is 0 Å². The molecule has 1 aromatic heterocycles. The average Bonchev–Trinajstić information content (AvgIpc) is 2.68. The Balaban J connectivity index is 2.33. The number of anilines is 1. The molecule has 1 aromatic carbocycles. The van der Waals surface area contributed by atoms with Crippen molar-refractivity contribution in [2.24, 2.45) is 0 Å². The Hall–Kier alpha value is -1.70. The fourth-order valence-corrected chi connectivity index (χ4v) is 1.58. The first-order valence-corrected chi connectivity index (χ1v) is 5.21. The Morgan fingerprint density at radius 2 is 1.67 bits per heavy atom. The zero-order valence-electron chi connectivity index (χ0n) is 9.12. The predicted octanol–water partition coefficient (Wildman–Crippen LogP) is 3.39. The van der Waals surface area contributed by atoms with E-state index in [0.717, 1.165) is 11.4 Å². The van der Waals surface area contributed by atoms with Crippen LogP contribution in [0.4, 0.5) is 5.69 Å². The van der Waals surface area contributed by atoms with Gasteiger partial charge >= 0.3 is 0 Å². The number of aromatic nitrogens is 1. The third kappa shape index (κ3) is 2.04. The predicted molar refractivity (Wildman–Crippen MR) is 64.7 cm³/mol. The summed E-state index contributed by atoms with van der Waals surface area (Å²) in [7, 11) is 0. The lowest BCUT2D eigenvalue weighted by molar-refractivity contribution is 0.834. The molecule has 0 saturated heterocycles. The Morgan fingerprint density at radius 3 is 2.20 bits per heavy atom. The quantitative estimate of drug-likeness (QED) is 0.717. The maximum absolute atomic E-state index is 5.65. The molecule has 0 atom stereocenters. The first kappa shape index (κ1) is 9.84. The van der Waals surface area contributed by atoms with Crippen molar-refractivity contribution in [2.45, 2.75) is 19.8 Å². The number of nitrogen functional groups attached to an aromatic ring is 1. The third-order valence-electron chi connectivity index (χ3n) is 2.55. The summed E-state index contributed by atoms with van der Waals surface area (Å²) < 4.78 is 0. The molecule has 0 radical (unpaired) electrons. The standard InChI is InChI=1S/C13H16N2/c1-9(2)12-7-8-13(15-12)10-3-5-11(14)6-4-10/h3-9,15H,14H2,1-2H3. The summed E-state index contributed by atoms with van der Waals surface area (Å²) in [5, 5.41) is 0. The number of hydrogen-bond acceptors (Lipinski definition) is 1. The van der Waals surface area contributed by atoms with Gasteiger partial charge in [0.1, 0.15) is 0 Å². The minimum absolute atomic E-state index is 0.535. The maximum atomic E-state index is 5.65. The van der Waals surface area contributed by atoms with E-state index in [1.807, 2.05) is 24.3 Å². The first-order valence-electron chi connectivity index (χ1n) is 5.21. The van der Waals surface area contributed by atoms with Crippen LogP contribution < -0.4 is 5.73 Å². The normalized spacial score (nSPS) is 10.9. The van der Waals surface area contributed by atoms with E-state index in [1.54, 1.807) is 0 Å². The highest BCUT2D eigenvalue weighted by molar-refractivity contribution is 5.62. The molecule has 3 N–H and O–H groups in total. The van der Waals surface area contributed by atoms with E-state index in [0.29, 0.717) is 5.92 Å². The Morgan fingerprint density at radius 1 is 1.00 bits per heavy atom. The zero-order valence-corrected chi connectivity index (χ0v) is 9.12. The molecule has 0 spiro atoms. The van der Waals surface area contributed by atoms with Crippen molar-refractivity contribution >= 4 is 5.69 Å². The fourth-order valence-electron chi connectivity index (χ4n) is 1.58. The second-order valence-corrected chi connectivity index (χ2v) is 4.10. The molecule has 78 valence electrons. The van der Waals surface area contributed by atoms with E-state index >= 15 is 0 Å². The Kier molecular flexibility index (Phi) is 2.50. The third-order valence-corrected chi connectivity index (χ3v) is 2.55. The van der Waals surface area contributed by atoms with E-state index in [2.05, 4.69) is 31.0 Å². The SMILES string of the molecule is CC(C)c1ccc(-c2ccc(N)cc2)[nH]1. The van der Waals surface area contributed by atoms with E-state index < -0.39 is 0 Å². The lowest BCUT2D eigenvalue weighted by atomic mass is 10.1. The second-order valence-electron chi connectivity index (χ2n) is 4.10. The molecular formula is C13H16N2. The minimum atomic E-state index is 0.535. The molecule has 1 heterocycles. The number of rotatable bonds is 2. The molecule has 0 aliphatic carbocycles. The molecule has 0 unspecified atom stereocenters. The summed E-state index contributed by atoms with van der Waals surface area (Å²) in [5.41, 5.74) is 10.0. The second kappa shape index (κ2) is 3.81. The van der Waals surface area contributed by atoms with E-state index in [4.69, 9.17) is 5.73 Å². The van der Waals surface area contributed by atoms with Gasteiger partial charge in [-0.15, -0.1) is 0 Å². The van der Waals surface area contributed by atoms with Crippen LogP contribution >= 0.6 is 0 Å². The van der Waals surface area contributed by atoms with Crippen LogP contribution in [-0.4, -0.2) is 4.98 Å². The summed E-state index contributed by atoms with van der Waals surface area (Å²) in [6.07, 6.45) is 0. The molecule has 0 amide bonds. The number of aromatic amines is 1. The summed E-state index contributed by atoms with van der Waals surface area (Å²) >= 11 is 0. The van der Waals surface area contributed by atoms with Gasteiger partial charge in [0.15, 0.2) is 0 Å². The van der Waals surface area contributed by atoms with Crippen LogP contribution in [0.3, 0.4) is 0 Å². The molecule has 2 nitrogen and oxygen atoms in total. The van der Waals surface area contributed by atoms with Crippen molar-refractivity contribution in [3.63, 3.8) is 0 Å². The van der Waals surface area contributed by atoms with Gasteiger partial charge in [0, 0.05) is 17.1 Å². The molecular weight excluding hydrogens is 184 g/mol. The van der Waals surface area contributed by atoms with Gasteiger partial charge in [0.2, 0.25) is 0 Å². The molecule has 0 bridgehead atoms. The van der Waals surface area contributed by atoms with Crippen LogP contribution in [0.1, 0.15) is 25.5 Å². The van der Waals surface area contributed by atoms with Crippen LogP contribution in [-0.2, 0) is 0 Å². The fraction of sp³-hybridized carbons (Fsp3) is 0.231. The Bertz CT molecular complexity index is 438. The van der Waals surface area contributed by atoms with Crippen LogP contribution in [0, 0.1) is 0 Å². The lowest BCUT2D eigenvalue weighted by Crippen LogP contribution is -1.87. The lowest BCUT2D eigenvalue weighted by Gasteiger charge is -2.01. The number of nitrogens with two attached hydrogens (primary N) is 1. The highest BCUT2D eigenvalue weighted by Crippen LogP contribution is 2.22. The smallest absolute Gasteiger partial charge is 0.0456 e. The largest absolute Gasteiger partial charge is 0.399 e. The van der Waals surface area contributed by atoms with Gasteiger partial charge in [-0.1, -0.05) is 26.0 Å². The van der Waals surface area contributed by atoms with Gasteiger partial charge in [-0.3, -0.25) is 0 Å². The average molecular weight is 200 g/mol. The van der Waals surface area contributed by atoms with Crippen molar-refractivity contribution in [1.29, 1.82) is 0 Å². The van der Waals surface area contributed by atoms with Crippen molar-refractivity contribution in [2.75, 3.05) is 5.73 Å². The minimum Gasteiger partial charge on any atom is -0.399 e. The van der Waals surface area contributed by atoms with Gasteiger partial charge in [0.25, 0.3) is 0 Å². The van der Waals surface area contributed by atoms with Crippen molar-refractivity contribution in [3.8, 4) is 11.3 Å². The van der Waals surface area contributed by atoms with Crippen LogP contribution in [0.25, 0.3) is 11.3 Å². The molecule has 2 heteroatoms. The van der Waals surface area contributed by atoms with Crippen molar-refractivity contribution in [1.82, 2.24) is 4.98 Å². The summed E-state index contributed by atoms with van der Waals surface area (Å²) in [5.74, 6) is 0.535. The highest BCUT2D eigenvalue weighted by atomic mass is 14.7. The molecule has 0 aliphatic heterocycles. The summed E-state index contributed by atoms with van der Waals surface area (Å²) in [4.78, 5) is 3.41. The molecule has 15 heavy (non-hydrogen) atoms. The number of benzene rings is 1. The number of H-pyrrole nitrogens is 1. The van der Waals surface area contributed by atoms with Crippen molar-refractivity contribution in [3.05, 3.63) is 42.1 Å². The van der Waals surface area contributed by atoms with E-state index in [-0.39, 0.29) is 0 Å². The van der Waals surface area contributed by atoms with Gasteiger partial charge < -0.3 is 10.7 Å². The maximum Gasteiger partial charge on any atom is 0.0456 e. The van der Waals surface area contributed by atoms with Gasteiger partial charge in [-0.25, -0.2) is 0 Å². The first-order chi connectivity index (χ1) is 7.16. The van der Waals surface area contributed by atoms with E-state index in [9.17, 15) is 0 Å².